The molecule has 10 heavy (non-hydrogen) atoms. The molecule has 0 saturated carbocycles. The standard InChI is InChI=1S/C3H8OS.C3H9P.Au/c1-3(4)2-5;1-4(2)3;/h3-5H,2H2,1H3;1-3H3;/q;;+1/t3-;;/m0../s1. The first-order chi connectivity index (χ1) is 4.00. The van der Waals surface area contributed by atoms with Crippen LogP contribution in [0.4, 0.5) is 0 Å². The van der Waals surface area contributed by atoms with Crippen LogP contribution in [0.2, 0.25) is 0 Å². The SMILES string of the molecule is C[C@H](O)C[S-].C[PH+](C)C.[Au+]. The predicted octanol–water partition coefficient (Wildman–Crippen LogP) is 1.00. The molecule has 0 bridgehead atoms. The quantitative estimate of drug-likeness (QED) is 0.425. The van der Waals surface area contributed by atoms with Gasteiger partial charge >= 0.3 is 22.4 Å². The third kappa shape index (κ3) is 56.3. The van der Waals surface area contributed by atoms with Crippen LogP contribution in [0.3, 0.4) is 0 Å². The van der Waals surface area contributed by atoms with Gasteiger partial charge in [-0.15, -0.1) is 0 Å². The van der Waals surface area contributed by atoms with E-state index in [0.29, 0.717) is 5.75 Å². The number of aliphatic hydroxyl groups excluding tert-OH is 1. The number of aliphatic hydroxyl groups is 1. The first-order valence-electron chi connectivity index (χ1n) is 3.03. The summed E-state index contributed by atoms with van der Waals surface area (Å²) in [6.07, 6.45) is -0.301. The van der Waals surface area contributed by atoms with Gasteiger partial charge in [-0.05, 0) is 14.8 Å². The van der Waals surface area contributed by atoms with Gasteiger partial charge in [-0.3, -0.25) is 0 Å². The zero-order valence-electron chi connectivity index (χ0n) is 6.94. The molecule has 0 fully saturated rings. The Bertz CT molecular complexity index is 50.3. The molecule has 0 aromatic carbocycles. The van der Waals surface area contributed by atoms with Crippen molar-refractivity contribution in [2.24, 2.45) is 0 Å². The smallest absolute Gasteiger partial charge is 0.790 e. The van der Waals surface area contributed by atoms with E-state index in [1.807, 2.05) is 0 Å². The van der Waals surface area contributed by atoms with E-state index >= 15 is 0 Å². The predicted molar refractivity (Wildman–Crippen MR) is 50.0 cm³/mol. The van der Waals surface area contributed by atoms with Gasteiger partial charge < -0.3 is 17.7 Å². The summed E-state index contributed by atoms with van der Waals surface area (Å²) in [5, 5.41) is 8.26. The Morgan fingerprint density at radius 2 is 1.50 bits per heavy atom. The van der Waals surface area contributed by atoms with Gasteiger partial charge in [0.2, 0.25) is 0 Å². The Kier molecular flexibility index (Phi) is 23.0. The molecule has 1 nitrogen and oxygen atoms in total. The molecule has 0 aliphatic rings. The van der Waals surface area contributed by atoms with E-state index in [9.17, 15) is 0 Å². The summed E-state index contributed by atoms with van der Waals surface area (Å²) in [4.78, 5) is 0. The first kappa shape index (κ1) is 17.5. The van der Waals surface area contributed by atoms with E-state index in [4.69, 9.17) is 5.11 Å². The van der Waals surface area contributed by atoms with E-state index in [0.717, 1.165) is 0 Å². The molecule has 0 spiro atoms. The van der Waals surface area contributed by atoms with E-state index in [1.54, 1.807) is 6.92 Å². The molecule has 0 heterocycles. The van der Waals surface area contributed by atoms with E-state index < -0.39 is 0 Å². The van der Waals surface area contributed by atoms with E-state index in [-0.39, 0.29) is 36.4 Å². The Hall–Kier alpha value is 1.48. The molecule has 0 aromatic heterocycles. The molecule has 0 unspecified atom stereocenters. The summed E-state index contributed by atoms with van der Waals surface area (Å²) < 4.78 is 0. The fourth-order valence-corrected chi connectivity index (χ4v) is 0. The molecular weight excluding hydrogens is 348 g/mol. The minimum absolute atomic E-state index is 0. The summed E-state index contributed by atoms with van der Waals surface area (Å²) in [7, 11) is 0.120. The van der Waals surface area contributed by atoms with Crippen LogP contribution in [0.1, 0.15) is 6.92 Å². The molecule has 68 valence electrons. The van der Waals surface area contributed by atoms with Gasteiger partial charge in [0.05, 0.1) is 0 Å². The zero-order valence-corrected chi connectivity index (χ0v) is 10.9. The third-order valence-corrected chi connectivity index (χ3v) is 0.724. The number of hydrogen-bond acceptors (Lipinski definition) is 2. The van der Waals surface area contributed by atoms with Gasteiger partial charge in [0, 0.05) is 26.1 Å². The van der Waals surface area contributed by atoms with Crippen molar-refractivity contribution >= 4 is 20.6 Å². The van der Waals surface area contributed by atoms with Crippen LogP contribution in [0, 0.1) is 0 Å². The number of rotatable bonds is 1. The van der Waals surface area contributed by atoms with E-state index in [1.165, 1.54) is 0 Å². The van der Waals surface area contributed by atoms with Crippen LogP contribution in [0.15, 0.2) is 0 Å². The zero-order chi connectivity index (χ0) is 7.86. The van der Waals surface area contributed by atoms with Crippen LogP contribution < -0.4 is 0 Å². The van der Waals surface area contributed by atoms with Crippen molar-refractivity contribution in [2.75, 3.05) is 25.7 Å². The Morgan fingerprint density at radius 3 is 1.50 bits per heavy atom. The maximum Gasteiger partial charge on any atom is 1.00 e. The molecule has 0 saturated heterocycles. The average Bonchev–Trinajstić information content (AvgIpc) is 1.65. The van der Waals surface area contributed by atoms with Crippen molar-refractivity contribution < 1.29 is 27.5 Å². The largest absolute Gasteiger partial charge is 1.00 e. The summed E-state index contributed by atoms with van der Waals surface area (Å²) in [6, 6.07) is 0. The van der Waals surface area contributed by atoms with Crippen LogP contribution >= 0.6 is 7.92 Å². The van der Waals surface area contributed by atoms with Gasteiger partial charge in [-0.2, -0.15) is 5.75 Å². The molecule has 0 aliphatic heterocycles. The molecular formula is C6H17AuOPS+. The van der Waals surface area contributed by atoms with Gasteiger partial charge in [0.1, 0.15) is 0 Å². The van der Waals surface area contributed by atoms with Crippen LogP contribution in [0.25, 0.3) is 0 Å². The minimum Gasteiger partial charge on any atom is -0.790 e. The van der Waals surface area contributed by atoms with E-state index in [2.05, 4.69) is 32.6 Å². The fourth-order valence-electron chi connectivity index (χ4n) is 0. The Balaban J connectivity index is -0.0000000910. The normalized spacial score (nSPS) is 11.1. The van der Waals surface area contributed by atoms with Crippen molar-refractivity contribution in [3.63, 3.8) is 0 Å². The van der Waals surface area contributed by atoms with Gasteiger partial charge in [-0.25, -0.2) is 0 Å². The van der Waals surface area contributed by atoms with Crippen molar-refractivity contribution in [2.45, 2.75) is 13.0 Å². The molecule has 0 aliphatic carbocycles. The summed E-state index contributed by atoms with van der Waals surface area (Å²) in [5.74, 6) is 0.444. The number of hydrogen-bond donors (Lipinski definition) is 1. The van der Waals surface area contributed by atoms with Crippen molar-refractivity contribution in [1.82, 2.24) is 0 Å². The van der Waals surface area contributed by atoms with Crippen LogP contribution in [0.5, 0.6) is 0 Å². The van der Waals surface area contributed by atoms with Gasteiger partial charge in [0.15, 0.2) is 0 Å². The molecule has 1 atom stereocenters. The molecule has 0 rings (SSSR count). The second-order valence-corrected chi connectivity index (χ2v) is 5.85. The van der Waals surface area contributed by atoms with Gasteiger partial charge in [0.25, 0.3) is 0 Å². The summed E-state index contributed by atoms with van der Waals surface area (Å²) >= 11 is 4.43. The van der Waals surface area contributed by atoms with Crippen LogP contribution in [-0.4, -0.2) is 37.0 Å². The van der Waals surface area contributed by atoms with Crippen molar-refractivity contribution in [3.8, 4) is 0 Å². The molecule has 0 aromatic rings. The second kappa shape index (κ2) is 13.1. The fraction of sp³-hybridized carbons (Fsp3) is 1.00. The second-order valence-electron chi connectivity index (χ2n) is 2.52. The van der Waals surface area contributed by atoms with Gasteiger partial charge in [-0.1, -0.05) is 0 Å². The van der Waals surface area contributed by atoms with Crippen molar-refractivity contribution in [1.29, 1.82) is 0 Å². The topological polar surface area (TPSA) is 20.2 Å². The molecule has 4 heteroatoms. The molecule has 0 radical (unpaired) electrons. The Morgan fingerprint density at radius 1 is 1.40 bits per heavy atom. The monoisotopic (exact) mass is 365 g/mol. The first-order valence-corrected chi connectivity index (χ1v) is 6.61. The van der Waals surface area contributed by atoms with Crippen molar-refractivity contribution in [3.05, 3.63) is 0 Å². The van der Waals surface area contributed by atoms with Crippen LogP contribution in [-0.2, 0) is 35.0 Å². The maximum atomic E-state index is 8.26. The molecule has 0 amide bonds. The summed E-state index contributed by atoms with van der Waals surface area (Å²) in [6.45, 7) is 8.48. The molecule has 1 N–H and O–H groups in total. The third-order valence-electron chi connectivity index (χ3n) is 0.241. The average molecular weight is 365 g/mol. The maximum absolute atomic E-state index is 8.26. The minimum atomic E-state index is -0.301. The summed E-state index contributed by atoms with van der Waals surface area (Å²) in [5.41, 5.74) is 0. The Labute approximate surface area is 86.7 Å².